The van der Waals surface area contributed by atoms with Crippen molar-refractivity contribution in [2.24, 2.45) is 0 Å². The molecule has 6 heteroatoms. The molecule has 0 bridgehead atoms. The zero-order valence-corrected chi connectivity index (χ0v) is 18.7. The van der Waals surface area contributed by atoms with E-state index in [1.54, 1.807) is 0 Å². The van der Waals surface area contributed by atoms with Gasteiger partial charge in [-0.15, -0.1) is 0 Å². The molecular formula is C23H34BN3O2. The summed E-state index contributed by atoms with van der Waals surface area (Å²) < 4.78 is 12.2. The minimum absolute atomic E-state index is 0.338. The Kier molecular flexibility index (Phi) is 6.67. The topological polar surface area (TPSA) is 37.8 Å². The molecule has 0 saturated carbocycles. The molecule has 1 saturated heterocycles. The predicted molar refractivity (Wildman–Crippen MR) is 121 cm³/mol. The van der Waals surface area contributed by atoms with Crippen molar-refractivity contribution in [3.8, 4) is 0 Å². The summed E-state index contributed by atoms with van der Waals surface area (Å²) in [6.07, 6.45) is 1.87. The third kappa shape index (κ3) is 5.19. The van der Waals surface area contributed by atoms with Crippen molar-refractivity contribution in [1.29, 1.82) is 0 Å². The Morgan fingerprint density at radius 3 is 2.14 bits per heavy atom. The first-order chi connectivity index (χ1) is 13.7. The molecule has 0 radical (unpaired) electrons. The largest absolute Gasteiger partial charge is 0.496 e. The molecule has 29 heavy (non-hydrogen) atoms. The van der Waals surface area contributed by atoms with Crippen LogP contribution in [0.2, 0.25) is 0 Å². The molecule has 156 valence electrons. The van der Waals surface area contributed by atoms with Gasteiger partial charge in [-0.2, -0.15) is 0 Å². The lowest BCUT2D eigenvalue weighted by Crippen LogP contribution is -2.41. The summed E-state index contributed by atoms with van der Waals surface area (Å²) in [5.74, 6) is 0.959. The van der Waals surface area contributed by atoms with E-state index >= 15 is 0 Å². The van der Waals surface area contributed by atoms with Crippen molar-refractivity contribution in [2.75, 3.05) is 31.6 Å². The van der Waals surface area contributed by atoms with Crippen LogP contribution in [0.4, 0.5) is 5.82 Å². The van der Waals surface area contributed by atoms with Crippen molar-refractivity contribution < 1.29 is 9.31 Å². The SMILES string of the molecule is CCN(CCN(C)c1ccc(B2OC(C)(C)C(C)(C)O2)cn1)Cc1ccccc1. The van der Waals surface area contributed by atoms with Crippen molar-refractivity contribution in [3.63, 3.8) is 0 Å². The molecule has 2 heterocycles. The van der Waals surface area contributed by atoms with Crippen LogP contribution in [0.25, 0.3) is 0 Å². The van der Waals surface area contributed by atoms with Gasteiger partial charge >= 0.3 is 7.12 Å². The summed E-state index contributed by atoms with van der Waals surface area (Å²) in [5, 5.41) is 0. The molecular weight excluding hydrogens is 361 g/mol. The minimum Gasteiger partial charge on any atom is -0.399 e. The highest BCUT2D eigenvalue weighted by Gasteiger charge is 2.51. The minimum atomic E-state index is -0.367. The van der Waals surface area contributed by atoms with Crippen LogP contribution in [0, 0.1) is 0 Å². The number of nitrogens with zero attached hydrogens (tertiary/aromatic N) is 3. The van der Waals surface area contributed by atoms with Crippen molar-refractivity contribution in [1.82, 2.24) is 9.88 Å². The molecule has 1 aliphatic heterocycles. The summed E-state index contributed by atoms with van der Waals surface area (Å²) in [6, 6.07) is 14.7. The number of hydrogen-bond acceptors (Lipinski definition) is 5. The van der Waals surface area contributed by atoms with Crippen LogP contribution < -0.4 is 10.4 Å². The second-order valence-electron chi connectivity index (χ2n) is 8.81. The first kappa shape index (κ1) is 21.8. The molecule has 1 aliphatic rings. The van der Waals surface area contributed by atoms with Crippen LogP contribution in [0.3, 0.4) is 0 Å². The van der Waals surface area contributed by atoms with E-state index in [9.17, 15) is 0 Å². The van der Waals surface area contributed by atoms with Crippen molar-refractivity contribution in [2.45, 2.75) is 52.4 Å². The van der Waals surface area contributed by atoms with Gasteiger partial charge in [0.25, 0.3) is 0 Å². The Morgan fingerprint density at radius 2 is 1.59 bits per heavy atom. The van der Waals surface area contributed by atoms with Gasteiger partial charge in [0.05, 0.1) is 11.2 Å². The van der Waals surface area contributed by atoms with Crippen LogP contribution in [0.1, 0.15) is 40.2 Å². The van der Waals surface area contributed by atoms with E-state index in [0.29, 0.717) is 0 Å². The second kappa shape index (κ2) is 8.86. The number of likely N-dealkylation sites (N-methyl/N-ethyl adjacent to an activating group) is 2. The highest BCUT2D eigenvalue weighted by atomic mass is 16.7. The van der Waals surface area contributed by atoms with Gasteiger partial charge in [-0.05, 0) is 45.9 Å². The third-order valence-electron chi connectivity index (χ3n) is 6.14. The number of rotatable bonds is 8. The van der Waals surface area contributed by atoms with E-state index in [0.717, 1.165) is 37.5 Å². The highest BCUT2D eigenvalue weighted by molar-refractivity contribution is 6.62. The lowest BCUT2D eigenvalue weighted by molar-refractivity contribution is 0.00578. The van der Waals surface area contributed by atoms with E-state index in [2.05, 4.69) is 92.8 Å². The van der Waals surface area contributed by atoms with Gasteiger partial charge in [-0.25, -0.2) is 4.98 Å². The van der Waals surface area contributed by atoms with E-state index in [1.165, 1.54) is 5.56 Å². The van der Waals surface area contributed by atoms with E-state index in [4.69, 9.17) is 9.31 Å². The molecule has 1 aromatic carbocycles. The fraction of sp³-hybridized carbons (Fsp3) is 0.522. The zero-order valence-electron chi connectivity index (χ0n) is 18.7. The predicted octanol–water partition coefficient (Wildman–Crippen LogP) is 3.34. The van der Waals surface area contributed by atoms with E-state index in [-0.39, 0.29) is 18.3 Å². The number of benzene rings is 1. The Balaban J connectivity index is 1.56. The molecule has 0 amide bonds. The lowest BCUT2D eigenvalue weighted by atomic mass is 9.80. The second-order valence-corrected chi connectivity index (χ2v) is 8.81. The summed E-state index contributed by atoms with van der Waals surface area (Å²) in [4.78, 5) is 9.30. The Bertz CT molecular complexity index is 764. The van der Waals surface area contributed by atoms with Crippen molar-refractivity contribution in [3.05, 3.63) is 54.2 Å². The molecule has 0 atom stereocenters. The molecule has 0 unspecified atom stereocenters. The first-order valence-corrected chi connectivity index (χ1v) is 10.5. The maximum atomic E-state index is 6.12. The molecule has 1 fully saturated rings. The van der Waals surface area contributed by atoms with Gasteiger partial charge in [0, 0.05) is 38.3 Å². The van der Waals surface area contributed by atoms with Crippen LogP contribution in [0.5, 0.6) is 0 Å². The number of aromatic nitrogens is 1. The number of hydrogen-bond donors (Lipinski definition) is 0. The molecule has 2 aromatic rings. The maximum Gasteiger partial charge on any atom is 0.496 e. The van der Waals surface area contributed by atoms with Crippen molar-refractivity contribution >= 4 is 18.4 Å². The fourth-order valence-corrected chi connectivity index (χ4v) is 3.34. The standard InChI is InChI=1S/C23H34BN3O2/c1-7-27(18-19-11-9-8-10-12-19)16-15-26(6)21-14-13-20(17-25-21)24-28-22(2,3)23(4,5)29-24/h8-14,17H,7,15-16,18H2,1-6H3. The number of anilines is 1. The average Bonchev–Trinajstić information content (AvgIpc) is 2.93. The van der Waals surface area contributed by atoms with Crippen LogP contribution in [0.15, 0.2) is 48.7 Å². The van der Waals surface area contributed by atoms with Crippen LogP contribution in [-0.2, 0) is 15.9 Å². The summed E-state index contributed by atoms with van der Waals surface area (Å²) >= 11 is 0. The maximum absolute atomic E-state index is 6.12. The highest BCUT2D eigenvalue weighted by Crippen LogP contribution is 2.36. The molecule has 0 aliphatic carbocycles. The van der Waals surface area contributed by atoms with Gasteiger partial charge in [0.2, 0.25) is 0 Å². The Hall–Kier alpha value is -1.89. The van der Waals surface area contributed by atoms with Crippen LogP contribution in [-0.4, -0.2) is 54.9 Å². The monoisotopic (exact) mass is 395 g/mol. The van der Waals surface area contributed by atoms with Gasteiger partial charge in [0.15, 0.2) is 0 Å². The smallest absolute Gasteiger partial charge is 0.399 e. The van der Waals surface area contributed by atoms with Gasteiger partial charge in [0.1, 0.15) is 5.82 Å². The average molecular weight is 395 g/mol. The van der Waals surface area contributed by atoms with Crippen LogP contribution >= 0.6 is 0 Å². The summed E-state index contributed by atoms with van der Waals surface area (Å²) in [6.45, 7) is 14.4. The van der Waals surface area contributed by atoms with Gasteiger partial charge in [-0.3, -0.25) is 4.90 Å². The van der Waals surface area contributed by atoms with E-state index < -0.39 is 0 Å². The molecule has 3 rings (SSSR count). The molecule has 0 spiro atoms. The first-order valence-electron chi connectivity index (χ1n) is 10.5. The fourth-order valence-electron chi connectivity index (χ4n) is 3.34. The summed E-state index contributed by atoms with van der Waals surface area (Å²) in [7, 11) is 1.72. The summed E-state index contributed by atoms with van der Waals surface area (Å²) in [5.41, 5.74) is 1.63. The zero-order chi connectivity index (χ0) is 21.1. The van der Waals surface area contributed by atoms with Gasteiger partial charge < -0.3 is 14.2 Å². The Morgan fingerprint density at radius 1 is 0.931 bits per heavy atom. The molecule has 0 N–H and O–H groups in total. The molecule has 1 aromatic heterocycles. The third-order valence-corrected chi connectivity index (χ3v) is 6.14. The lowest BCUT2D eigenvalue weighted by Gasteiger charge is -2.32. The molecule has 5 nitrogen and oxygen atoms in total. The van der Waals surface area contributed by atoms with Gasteiger partial charge in [-0.1, -0.05) is 43.3 Å². The van der Waals surface area contributed by atoms with E-state index in [1.807, 2.05) is 12.3 Å². The normalized spacial score (nSPS) is 17.7. The Labute approximate surface area is 176 Å². The quantitative estimate of drug-likeness (QED) is 0.641. The number of pyridine rings is 1.